The summed E-state index contributed by atoms with van der Waals surface area (Å²) < 4.78 is 1.84. The molecule has 7 nitrogen and oxygen atoms in total. The largest absolute Gasteiger partial charge is 0.342 e. The molecule has 0 aliphatic rings. The van der Waals surface area contributed by atoms with Crippen molar-refractivity contribution in [2.24, 2.45) is 13.0 Å². The molecular weight excluding hydrogens is 434 g/mol. The summed E-state index contributed by atoms with van der Waals surface area (Å²) in [5, 5.41) is 15.3. The molecule has 174 valence electrons. The van der Waals surface area contributed by atoms with Gasteiger partial charge in [-0.15, -0.1) is 10.2 Å². The molecule has 8 heteroatoms. The van der Waals surface area contributed by atoms with Crippen LogP contribution < -0.4 is 10.6 Å². The number of nitrogens with one attached hydrogen (secondary N) is 2. The van der Waals surface area contributed by atoms with Crippen molar-refractivity contribution in [3.8, 4) is 0 Å². The summed E-state index contributed by atoms with van der Waals surface area (Å²) in [5.74, 6) is 0.714. The quantitative estimate of drug-likeness (QED) is 0.475. The number of rotatable bonds is 8. The molecule has 0 unspecified atom stereocenters. The number of carbonyl (C=O) groups is 2. The van der Waals surface area contributed by atoms with Crippen molar-refractivity contribution < 1.29 is 9.59 Å². The minimum Gasteiger partial charge on any atom is -0.342 e. The topological polar surface area (TPSA) is 88.9 Å². The Morgan fingerprint density at radius 1 is 1.06 bits per heavy atom. The number of carbonyl (C=O) groups excluding carboxylic acids is 2. The number of aryl methyl sites for hydroxylation is 2. The Morgan fingerprint density at radius 3 is 2.48 bits per heavy atom. The second-order valence-electron chi connectivity index (χ2n) is 8.55. The first-order chi connectivity index (χ1) is 15.7. The van der Waals surface area contributed by atoms with Crippen LogP contribution in [-0.4, -0.2) is 32.3 Å². The van der Waals surface area contributed by atoms with Crippen LogP contribution in [0.1, 0.15) is 52.8 Å². The van der Waals surface area contributed by atoms with Crippen molar-refractivity contribution in [2.75, 3.05) is 11.1 Å². The molecule has 0 saturated heterocycles. The Kier molecular flexibility index (Phi) is 7.92. The van der Waals surface area contributed by atoms with Gasteiger partial charge in [0.1, 0.15) is 0 Å². The highest BCUT2D eigenvalue weighted by Gasteiger charge is 2.25. The van der Waals surface area contributed by atoms with Crippen molar-refractivity contribution in [1.29, 1.82) is 0 Å². The molecule has 0 bridgehead atoms. The van der Waals surface area contributed by atoms with E-state index < -0.39 is 0 Å². The van der Waals surface area contributed by atoms with Crippen molar-refractivity contribution >= 4 is 29.3 Å². The molecule has 2 aromatic carbocycles. The van der Waals surface area contributed by atoms with Gasteiger partial charge in [-0.3, -0.25) is 9.59 Å². The standard InChI is InChI=1S/C25H31N5O2S/c1-15(2)22(27-24(32)19-11-7-9-16(3)13-19)23-28-29-25(30(23)6)33-14-21(31)26-20-12-8-10-17(4)18(20)5/h7-13,15,22H,14H2,1-6H3,(H,26,31)(H,27,32)/t22-/m0/s1. The van der Waals surface area contributed by atoms with Gasteiger partial charge in [-0.2, -0.15) is 0 Å². The average molecular weight is 466 g/mol. The first-order valence-corrected chi connectivity index (χ1v) is 11.9. The van der Waals surface area contributed by atoms with Crippen LogP contribution in [0.4, 0.5) is 5.69 Å². The second-order valence-corrected chi connectivity index (χ2v) is 9.49. The SMILES string of the molecule is Cc1cccc(C(=O)N[C@H](c2nnc(SCC(=O)Nc3cccc(C)c3C)n2C)C(C)C)c1. The highest BCUT2D eigenvalue weighted by Crippen LogP contribution is 2.25. The Morgan fingerprint density at radius 2 is 1.79 bits per heavy atom. The fraction of sp³-hybridized carbons (Fsp3) is 0.360. The first kappa shape index (κ1) is 24.5. The fourth-order valence-corrected chi connectivity index (χ4v) is 4.18. The van der Waals surface area contributed by atoms with Gasteiger partial charge in [-0.25, -0.2) is 0 Å². The predicted molar refractivity (Wildman–Crippen MR) is 132 cm³/mol. The van der Waals surface area contributed by atoms with Gasteiger partial charge in [-0.05, 0) is 56.0 Å². The Labute approximate surface area is 199 Å². The third kappa shape index (κ3) is 6.01. The van der Waals surface area contributed by atoms with E-state index in [2.05, 4.69) is 20.8 Å². The summed E-state index contributed by atoms with van der Waals surface area (Å²) in [5.41, 5.74) is 4.64. The van der Waals surface area contributed by atoms with Gasteiger partial charge >= 0.3 is 0 Å². The number of hydrogen-bond donors (Lipinski definition) is 2. The second kappa shape index (κ2) is 10.7. The summed E-state index contributed by atoms with van der Waals surface area (Å²) in [6.45, 7) is 10.0. The smallest absolute Gasteiger partial charge is 0.251 e. The highest BCUT2D eigenvalue weighted by molar-refractivity contribution is 7.99. The maximum Gasteiger partial charge on any atom is 0.251 e. The molecule has 0 radical (unpaired) electrons. The minimum absolute atomic E-state index is 0.104. The van der Waals surface area contributed by atoms with Crippen LogP contribution in [0.15, 0.2) is 47.6 Å². The normalized spacial score (nSPS) is 12.0. The van der Waals surface area contributed by atoms with Crippen LogP contribution in [0.5, 0.6) is 0 Å². The van der Waals surface area contributed by atoms with Crippen LogP contribution in [0.2, 0.25) is 0 Å². The van der Waals surface area contributed by atoms with Crippen LogP contribution >= 0.6 is 11.8 Å². The zero-order valence-electron chi connectivity index (χ0n) is 20.0. The number of hydrogen-bond acceptors (Lipinski definition) is 5. The highest BCUT2D eigenvalue weighted by atomic mass is 32.2. The number of benzene rings is 2. The molecule has 0 fully saturated rings. The van der Waals surface area contributed by atoms with E-state index in [1.54, 1.807) is 6.07 Å². The van der Waals surface area contributed by atoms with E-state index in [0.717, 1.165) is 22.4 Å². The predicted octanol–water partition coefficient (Wildman–Crippen LogP) is 4.60. The van der Waals surface area contributed by atoms with E-state index in [-0.39, 0.29) is 29.5 Å². The van der Waals surface area contributed by atoms with E-state index >= 15 is 0 Å². The van der Waals surface area contributed by atoms with Crippen LogP contribution in [0, 0.1) is 26.7 Å². The molecule has 3 aromatic rings. The van der Waals surface area contributed by atoms with Gasteiger partial charge in [0.2, 0.25) is 5.91 Å². The number of nitrogens with zero attached hydrogens (tertiary/aromatic N) is 3. The molecule has 2 N–H and O–H groups in total. The fourth-order valence-electron chi connectivity index (χ4n) is 3.47. The van der Waals surface area contributed by atoms with Crippen molar-refractivity contribution in [1.82, 2.24) is 20.1 Å². The molecule has 2 amide bonds. The monoisotopic (exact) mass is 465 g/mol. The van der Waals surface area contributed by atoms with Gasteiger partial charge in [-0.1, -0.05) is 55.4 Å². The summed E-state index contributed by atoms with van der Waals surface area (Å²) in [6.07, 6.45) is 0. The molecule has 0 saturated carbocycles. The lowest BCUT2D eigenvalue weighted by Gasteiger charge is -2.22. The third-order valence-electron chi connectivity index (χ3n) is 5.59. The summed E-state index contributed by atoms with van der Waals surface area (Å²) in [4.78, 5) is 25.3. The maximum atomic E-state index is 12.8. The Balaban J connectivity index is 1.68. The Hall–Kier alpha value is -3.13. The first-order valence-electron chi connectivity index (χ1n) is 10.9. The van der Waals surface area contributed by atoms with E-state index in [4.69, 9.17) is 0 Å². The van der Waals surface area contributed by atoms with Gasteiger partial charge in [0.15, 0.2) is 11.0 Å². The molecule has 1 atom stereocenters. The molecule has 3 rings (SSSR count). The molecule has 0 aliphatic carbocycles. The van der Waals surface area contributed by atoms with Crippen molar-refractivity contribution in [3.63, 3.8) is 0 Å². The lowest BCUT2D eigenvalue weighted by molar-refractivity contribution is -0.113. The van der Waals surface area contributed by atoms with Gasteiger partial charge in [0, 0.05) is 18.3 Å². The number of amides is 2. The molecular formula is C25H31N5O2S. The lowest BCUT2D eigenvalue weighted by atomic mass is 10.0. The number of aromatic nitrogens is 3. The molecule has 1 heterocycles. The van der Waals surface area contributed by atoms with Crippen LogP contribution in [0.3, 0.4) is 0 Å². The zero-order valence-corrected chi connectivity index (χ0v) is 20.8. The van der Waals surface area contributed by atoms with Crippen LogP contribution in [-0.2, 0) is 11.8 Å². The van der Waals surface area contributed by atoms with Crippen molar-refractivity contribution in [3.05, 3.63) is 70.5 Å². The van der Waals surface area contributed by atoms with E-state index in [1.165, 1.54) is 11.8 Å². The van der Waals surface area contributed by atoms with Gasteiger partial charge in [0.05, 0.1) is 11.8 Å². The summed E-state index contributed by atoms with van der Waals surface area (Å²) in [7, 11) is 1.86. The maximum absolute atomic E-state index is 12.8. The number of thioether (sulfide) groups is 1. The molecule has 0 aliphatic heterocycles. The van der Waals surface area contributed by atoms with Gasteiger partial charge in [0.25, 0.3) is 5.91 Å². The van der Waals surface area contributed by atoms with Crippen LogP contribution in [0.25, 0.3) is 0 Å². The molecule has 33 heavy (non-hydrogen) atoms. The third-order valence-corrected chi connectivity index (χ3v) is 6.61. The average Bonchev–Trinajstić information content (AvgIpc) is 3.13. The van der Waals surface area contributed by atoms with E-state index in [0.29, 0.717) is 16.5 Å². The number of anilines is 1. The summed E-state index contributed by atoms with van der Waals surface area (Å²) >= 11 is 1.32. The summed E-state index contributed by atoms with van der Waals surface area (Å²) in [6, 6.07) is 13.0. The van der Waals surface area contributed by atoms with Crippen molar-refractivity contribution in [2.45, 2.75) is 45.8 Å². The lowest BCUT2D eigenvalue weighted by Crippen LogP contribution is -2.33. The Bertz CT molecular complexity index is 1160. The van der Waals surface area contributed by atoms with E-state index in [1.807, 2.05) is 82.6 Å². The van der Waals surface area contributed by atoms with E-state index in [9.17, 15) is 9.59 Å². The van der Waals surface area contributed by atoms with Gasteiger partial charge < -0.3 is 15.2 Å². The molecule has 1 aromatic heterocycles. The molecule has 0 spiro atoms. The minimum atomic E-state index is -0.311. The zero-order chi connectivity index (χ0) is 24.1.